The van der Waals surface area contributed by atoms with Crippen LogP contribution in [0.15, 0.2) is 12.1 Å². The van der Waals surface area contributed by atoms with Gasteiger partial charge in [0.05, 0.1) is 15.0 Å². The van der Waals surface area contributed by atoms with E-state index in [-0.39, 0.29) is 28.1 Å². The van der Waals surface area contributed by atoms with Crippen LogP contribution in [0.2, 0.25) is 10.0 Å². The molecular formula is C12H14Cl2N2O4. The van der Waals surface area contributed by atoms with E-state index >= 15 is 0 Å². The Hall–Kier alpha value is -1.08. The minimum atomic E-state index is -0.696. The highest BCUT2D eigenvalue weighted by atomic mass is 35.5. The number of nitrogens with one attached hydrogen (secondary N) is 1. The van der Waals surface area contributed by atoms with Gasteiger partial charge in [0.25, 0.3) is 5.69 Å². The number of halogens is 2. The van der Waals surface area contributed by atoms with E-state index in [1.165, 1.54) is 0 Å². The van der Waals surface area contributed by atoms with Crippen LogP contribution in [0.1, 0.15) is 12.8 Å². The quantitative estimate of drug-likeness (QED) is 0.595. The molecule has 1 unspecified atom stereocenters. The standard InChI is InChI=1S/C12H14Cl2N2O4/c13-10-3-8(16(18)19)4-11(14)12(10)20-6-9(17)5-15-7-1-2-7/h3-4,7,9,15,17H,1-2,5-6H2. The average molecular weight is 321 g/mol. The summed E-state index contributed by atoms with van der Waals surface area (Å²) in [5, 5.41) is 23.6. The molecule has 0 radical (unpaired) electrons. The molecule has 0 spiro atoms. The summed E-state index contributed by atoms with van der Waals surface area (Å²) in [6.45, 7) is 0.434. The SMILES string of the molecule is O=[N+]([O-])c1cc(Cl)c(OCC(O)CNC2CC2)c(Cl)c1. The molecule has 1 aromatic rings. The van der Waals surface area contributed by atoms with E-state index < -0.39 is 11.0 Å². The molecule has 1 aliphatic rings. The highest BCUT2D eigenvalue weighted by molar-refractivity contribution is 6.37. The monoisotopic (exact) mass is 320 g/mol. The lowest BCUT2D eigenvalue weighted by atomic mass is 10.3. The Bertz CT molecular complexity index is 485. The summed E-state index contributed by atoms with van der Waals surface area (Å²) in [7, 11) is 0. The van der Waals surface area contributed by atoms with E-state index in [2.05, 4.69) is 5.32 Å². The summed E-state index contributed by atoms with van der Waals surface area (Å²) in [6, 6.07) is 2.83. The molecule has 20 heavy (non-hydrogen) atoms. The van der Waals surface area contributed by atoms with Crippen molar-refractivity contribution < 1.29 is 14.8 Å². The zero-order valence-electron chi connectivity index (χ0n) is 10.5. The van der Waals surface area contributed by atoms with E-state index in [0.717, 1.165) is 25.0 Å². The van der Waals surface area contributed by atoms with Crippen molar-refractivity contribution in [2.75, 3.05) is 13.2 Å². The minimum absolute atomic E-state index is 0.0109. The molecule has 110 valence electrons. The Morgan fingerprint density at radius 1 is 1.45 bits per heavy atom. The number of aliphatic hydroxyl groups is 1. The third-order valence-corrected chi connectivity index (χ3v) is 3.39. The Morgan fingerprint density at radius 3 is 2.55 bits per heavy atom. The van der Waals surface area contributed by atoms with Crippen molar-refractivity contribution in [3.05, 3.63) is 32.3 Å². The first-order chi connectivity index (χ1) is 9.47. The van der Waals surface area contributed by atoms with Gasteiger partial charge in [-0.05, 0) is 12.8 Å². The molecule has 0 heterocycles. The third kappa shape index (κ3) is 4.21. The minimum Gasteiger partial charge on any atom is -0.488 e. The highest BCUT2D eigenvalue weighted by Crippen LogP contribution is 2.36. The van der Waals surface area contributed by atoms with Gasteiger partial charge in [-0.25, -0.2) is 0 Å². The maximum Gasteiger partial charge on any atom is 0.272 e. The van der Waals surface area contributed by atoms with Crippen LogP contribution in [0.4, 0.5) is 5.69 Å². The van der Waals surface area contributed by atoms with Crippen molar-refractivity contribution in [1.29, 1.82) is 0 Å². The number of hydrogen-bond donors (Lipinski definition) is 2. The predicted octanol–water partition coefficient (Wildman–Crippen LogP) is 2.39. The Kier molecular flexibility index (Phi) is 5.04. The molecule has 8 heteroatoms. The summed E-state index contributed by atoms with van der Waals surface area (Å²) in [6.07, 6.45) is 1.57. The molecule has 6 nitrogen and oxygen atoms in total. The van der Waals surface area contributed by atoms with Gasteiger partial charge in [0.15, 0.2) is 5.75 Å². The lowest BCUT2D eigenvalue weighted by Crippen LogP contribution is -2.32. The fourth-order valence-electron chi connectivity index (χ4n) is 1.62. The Morgan fingerprint density at radius 2 is 2.05 bits per heavy atom. The number of hydrogen-bond acceptors (Lipinski definition) is 5. The summed E-state index contributed by atoms with van der Waals surface area (Å²) in [5.74, 6) is 0.143. The molecule has 2 N–H and O–H groups in total. The van der Waals surface area contributed by atoms with Crippen LogP contribution in [0, 0.1) is 10.1 Å². The van der Waals surface area contributed by atoms with Gasteiger partial charge >= 0.3 is 0 Å². The van der Waals surface area contributed by atoms with Crippen molar-refractivity contribution in [1.82, 2.24) is 5.32 Å². The molecule has 0 aromatic heterocycles. The average Bonchev–Trinajstić information content (AvgIpc) is 3.19. The molecule has 0 bridgehead atoms. The number of nitro benzene ring substituents is 1. The first kappa shape index (κ1) is 15.3. The van der Waals surface area contributed by atoms with E-state index in [1.807, 2.05) is 0 Å². The first-order valence-corrected chi connectivity index (χ1v) is 6.90. The largest absolute Gasteiger partial charge is 0.488 e. The number of ether oxygens (including phenoxy) is 1. The van der Waals surface area contributed by atoms with Crippen molar-refractivity contribution in [3.63, 3.8) is 0 Å². The topological polar surface area (TPSA) is 84.6 Å². The number of non-ortho nitro benzene ring substituents is 1. The zero-order valence-corrected chi connectivity index (χ0v) is 12.0. The van der Waals surface area contributed by atoms with Crippen LogP contribution < -0.4 is 10.1 Å². The van der Waals surface area contributed by atoms with Gasteiger partial charge in [0.2, 0.25) is 0 Å². The van der Waals surface area contributed by atoms with Crippen molar-refractivity contribution in [3.8, 4) is 5.75 Å². The molecular weight excluding hydrogens is 307 g/mol. The lowest BCUT2D eigenvalue weighted by Gasteiger charge is -2.14. The summed E-state index contributed by atoms with van der Waals surface area (Å²) < 4.78 is 5.34. The van der Waals surface area contributed by atoms with E-state index in [0.29, 0.717) is 12.6 Å². The lowest BCUT2D eigenvalue weighted by molar-refractivity contribution is -0.384. The third-order valence-electron chi connectivity index (χ3n) is 2.83. The van der Waals surface area contributed by atoms with Crippen LogP contribution in [-0.4, -0.2) is 35.3 Å². The second kappa shape index (κ2) is 6.58. The fraction of sp³-hybridized carbons (Fsp3) is 0.500. The van der Waals surface area contributed by atoms with Crippen LogP contribution in [0.25, 0.3) is 0 Å². The Labute approximate surface area is 125 Å². The van der Waals surface area contributed by atoms with Crippen LogP contribution in [0.3, 0.4) is 0 Å². The molecule has 1 atom stereocenters. The van der Waals surface area contributed by atoms with Gasteiger partial charge in [-0.1, -0.05) is 23.2 Å². The Balaban J connectivity index is 1.92. The summed E-state index contributed by atoms with van der Waals surface area (Å²) >= 11 is 11.8. The second-order valence-electron chi connectivity index (χ2n) is 4.64. The number of rotatable bonds is 7. The van der Waals surface area contributed by atoms with Crippen molar-refractivity contribution in [2.45, 2.75) is 25.0 Å². The smallest absolute Gasteiger partial charge is 0.272 e. The highest BCUT2D eigenvalue weighted by Gasteiger charge is 2.22. The van der Waals surface area contributed by atoms with Gasteiger partial charge in [-0.2, -0.15) is 0 Å². The predicted molar refractivity (Wildman–Crippen MR) is 75.6 cm³/mol. The van der Waals surface area contributed by atoms with Crippen LogP contribution in [0.5, 0.6) is 5.75 Å². The summed E-state index contributed by atoms with van der Waals surface area (Å²) in [4.78, 5) is 10.0. The van der Waals surface area contributed by atoms with Gasteiger partial charge in [0, 0.05) is 24.7 Å². The number of nitrogens with zero attached hydrogens (tertiary/aromatic N) is 1. The molecule has 1 fully saturated rings. The molecule has 0 saturated heterocycles. The van der Waals surface area contributed by atoms with Gasteiger partial charge in [-0.3, -0.25) is 10.1 Å². The normalized spacial score (nSPS) is 15.9. The number of nitro groups is 1. The second-order valence-corrected chi connectivity index (χ2v) is 5.46. The maximum absolute atomic E-state index is 10.6. The molecule has 2 rings (SSSR count). The van der Waals surface area contributed by atoms with E-state index in [4.69, 9.17) is 27.9 Å². The van der Waals surface area contributed by atoms with E-state index in [9.17, 15) is 15.2 Å². The van der Waals surface area contributed by atoms with E-state index in [1.54, 1.807) is 0 Å². The molecule has 1 saturated carbocycles. The first-order valence-electron chi connectivity index (χ1n) is 6.15. The molecule has 0 aliphatic heterocycles. The number of aliphatic hydroxyl groups excluding tert-OH is 1. The molecule has 0 amide bonds. The molecule has 1 aliphatic carbocycles. The van der Waals surface area contributed by atoms with Gasteiger partial charge in [0.1, 0.15) is 12.7 Å². The number of benzene rings is 1. The van der Waals surface area contributed by atoms with Gasteiger partial charge in [-0.15, -0.1) is 0 Å². The van der Waals surface area contributed by atoms with Crippen molar-refractivity contribution in [2.24, 2.45) is 0 Å². The zero-order chi connectivity index (χ0) is 14.7. The van der Waals surface area contributed by atoms with Crippen molar-refractivity contribution >= 4 is 28.9 Å². The fourth-order valence-corrected chi connectivity index (χ4v) is 2.20. The maximum atomic E-state index is 10.6. The van der Waals surface area contributed by atoms with Gasteiger partial charge < -0.3 is 15.2 Å². The van der Waals surface area contributed by atoms with Crippen LogP contribution in [-0.2, 0) is 0 Å². The molecule has 1 aromatic carbocycles. The van der Waals surface area contributed by atoms with Crippen LogP contribution >= 0.6 is 23.2 Å². The summed E-state index contributed by atoms with van der Waals surface area (Å²) in [5.41, 5.74) is -0.205.